The summed E-state index contributed by atoms with van der Waals surface area (Å²) in [5.74, 6) is -0.441. The molecule has 1 aliphatic heterocycles. The average molecular weight is 399 g/mol. The number of hydrogen-bond acceptors (Lipinski definition) is 6. The van der Waals surface area contributed by atoms with Gasteiger partial charge in [0.05, 0.1) is 13.2 Å². The van der Waals surface area contributed by atoms with Gasteiger partial charge in [0.25, 0.3) is 0 Å². The van der Waals surface area contributed by atoms with E-state index in [0.717, 1.165) is 0 Å². The van der Waals surface area contributed by atoms with E-state index in [-0.39, 0.29) is 12.2 Å². The van der Waals surface area contributed by atoms with Crippen LogP contribution in [0.25, 0.3) is 0 Å². The van der Waals surface area contributed by atoms with Crippen LogP contribution < -0.4 is 5.32 Å². The Hall–Kier alpha value is -1.81. The molecule has 0 aromatic heterocycles. The van der Waals surface area contributed by atoms with Crippen molar-refractivity contribution in [1.82, 2.24) is 5.32 Å². The van der Waals surface area contributed by atoms with Crippen LogP contribution in [0.4, 0.5) is 18.0 Å². The Morgan fingerprint density at radius 3 is 2.37 bits per heavy atom. The van der Waals surface area contributed by atoms with E-state index in [1.807, 2.05) is 0 Å². The molecule has 0 saturated carbocycles. The molecule has 1 unspecified atom stereocenters. The number of carbonyl (C=O) groups is 2. The molecular weight excluding hydrogens is 371 g/mol. The number of carbonyl (C=O) groups excluding carboxylic acids is 2. The van der Waals surface area contributed by atoms with Crippen molar-refractivity contribution in [2.75, 3.05) is 19.8 Å². The van der Waals surface area contributed by atoms with Crippen LogP contribution in [0.2, 0.25) is 0 Å². The van der Waals surface area contributed by atoms with Crippen LogP contribution in [0.1, 0.15) is 40.5 Å². The van der Waals surface area contributed by atoms with Gasteiger partial charge in [0, 0.05) is 25.5 Å². The number of rotatable bonds is 2. The minimum atomic E-state index is -4.29. The van der Waals surface area contributed by atoms with E-state index in [2.05, 4.69) is 5.32 Å². The van der Waals surface area contributed by atoms with Crippen LogP contribution in [0.3, 0.4) is 0 Å². The van der Waals surface area contributed by atoms with E-state index >= 15 is 0 Å². The van der Waals surface area contributed by atoms with Crippen LogP contribution >= 0.6 is 0 Å². The second kappa shape index (κ2) is 11.8. The number of esters is 1. The summed E-state index contributed by atoms with van der Waals surface area (Å²) < 4.78 is 48.8. The van der Waals surface area contributed by atoms with E-state index in [1.54, 1.807) is 27.7 Å². The monoisotopic (exact) mass is 399 g/mol. The third kappa shape index (κ3) is 15.0. The highest BCUT2D eigenvalue weighted by Gasteiger charge is 2.27. The second-order valence-electron chi connectivity index (χ2n) is 6.76. The summed E-state index contributed by atoms with van der Waals surface area (Å²) >= 11 is 0. The van der Waals surface area contributed by atoms with E-state index < -0.39 is 36.5 Å². The molecule has 1 aliphatic rings. The molecule has 2 N–H and O–H groups in total. The minimum Gasteiger partial charge on any atom is -0.461 e. The topological polar surface area (TPSA) is 94.1 Å². The second-order valence-corrected chi connectivity index (χ2v) is 6.76. The molecule has 1 fully saturated rings. The van der Waals surface area contributed by atoms with Gasteiger partial charge < -0.3 is 24.6 Å². The molecule has 1 amide bonds. The van der Waals surface area contributed by atoms with Gasteiger partial charge in [0.2, 0.25) is 0 Å². The summed E-state index contributed by atoms with van der Waals surface area (Å²) in [4.78, 5) is 23.5. The summed E-state index contributed by atoms with van der Waals surface area (Å²) in [6, 6.07) is -0.726. The van der Waals surface area contributed by atoms with Crippen molar-refractivity contribution in [3.05, 3.63) is 12.2 Å². The molecule has 0 aromatic carbocycles. The number of aliphatic hydroxyl groups excluding tert-OH is 1. The third-order valence-electron chi connectivity index (χ3n) is 2.92. The number of hydrogen-bond donors (Lipinski definition) is 2. The first kappa shape index (κ1) is 25.2. The molecule has 2 atom stereocenters. The predicted octanol–water partition coefficient (Wildman–Crippen LogP) is 2.72. The number of aliphatic hydroxyl groups is 1. The number of allylic oxidation sites excluding steroid dienone is 1. The Kier molecular flexibility index (Phi) is 11.0. The summed E-state index contributed by atoms with van der Waals surface area (Å²) in [7, 11) is 0. The maximum atomic E-state index is 11.9. The summed E-state index contributed by atoms with van der Waals surface area (Å²) in [6.07, 6.45) is -3.46. The van der Waals surface area contributed by atoms with E-state index in [4.69, 9.17) is 19.3 Å². The van der Waals surface area contributed by atoms with Gasteiger partial charge in [-0.2, -0.15) is 13.2 Å². The molecule has 1 saturated heterocycles. The molecule has 158 valence electrons. The molecule has 27 heavy (non-hydrogen) atoms. The van der Waals surface area contributed by atoms with Crippen molar-refractivity contribution in [2.45, 2.75) is 64.5 Å². The number of alkyl halides is 3. The van der Waals surface area contributed by atoms with Gasteiger partial charge in [-0.15, -0.1) is 0 Å². The highest BCUT2D eigenvalue weighted by molar-refractivity contribution is 5.81. The largest absolute Gasteiger partial charge is 0.461 e. The van der Waals surface area contributed by atoms with Crippen LogP contribution in [0, 0.1) is 0 Å². The first-order chi connectivity index (χ1) is 12.3. The minimum absolute atomic E-state index is 0.00694. The third-order valence-corrected chi connectivity index (χ3v) is 2.92. The maximum absolute atomic E-state index is 11.9. The Bertz CT molecular complexity index is 488. The Labute approximate surface area is 156 Å². The highest BCUT2D eigenvalue weighted by atomic mass is 19.4. The fourth-order valence-corrected chi connectivity index (χ4v) is 1.78. The Balaban J connectivity index is 0.000000713. The van der Waals surface area contributed by atoms with Gasteiger partial charge in [-0.3, -0.25) is 0 Å². The van der Waals surface area contributed by atoms with Crippen molar-refractivity contribution in [3.63, 3.8) is 0 Å². The van der Waals surface area contributed by atoms with Crippen LogP contribution in [-0.2, 0) is 19.0 Å². The number of halogens is 3. The van der Waals surface area contributed by atoms with E-state index in [0.29, 0.717) is 32.1 Å². The van der Waals surface area contributed by atoms with E-state index in [9.17, 15) is 22.8 Å². The van der Waals surface area contributed by atoms with Crippen LogP contribution in [0.5, 0.6) is 0 Å². The normalized spacial score (nSPS) is 21.9. The van der Waals surface area contributed by atoms with Crippen molar-refractivity contribution < 1.29 is 42.1 Å². The lowest BCUT2D eigenvalue weighted by Gasteiger charge is -2.23. The predicted molar refractivity (Wildman–Crippen MR) is 91.0 cm³/mol. The lowest BCUT2D eigenvalue weighted by molar-refractivity contribution is -0.150. The van der Waals surface area contributed by atoms with Gasteiger partial charge in [-0.25, -0.2) is 9.59 Å². The summed E-state index contributed by atoms with van der Waals surface area (Å²) in [5, 5.41) is 10.4. The Morgan fingerprint density at radius 2 is 1.89 bits per heavy atom. The molecule has 1 heterocycles. The van der Waals surface area contributed by atoms with Crippen LogP contribution in [-0.4, -0.2) is 60.9 Å². The molecule has 7 nitrogen and oxygen atoms in total. The number of ether oxygens (including phenoxy) is 3. The molecule has 1 rings (SSSR count). The SMILES string of the molecule is CC1CCOCC[C@H](NC(=O)OC(C)(C)C)C(=O)O1.OC/C=C/C(F)(F)F. The van der Waals surface area contributed by atoms with Crippen molar-refractivity contribution in [3.8, 4) is 0 Å². The van der Waals surface area contributed by atoms with Crippen molar-refractivity contribution in [1.29, 1.82) is 0 Å². The number of alkyl carbamates (subject to hydrolysis) is 1. The summed E-state index contributed by atoms with van der Waals surface area (Å²) in [6.45, 7) is 7.48. The number of amides is 1. The van der Waals surface area contributed by atoms with Crippen molar-refractivity contribution in [2.24, 2.45) is 0 Å². The first-order valence-electron chi connectivity index (χ1n) is 8.47. The average Bonchev–Trinajstić information content (AvgIpc) is 2.55. The zero-order valence-corrected chi connectivity index (χ0v) is 16.0. The Morgan fingerprint density at radius 1 is 1.30 bits per heavy atom. The van der Waals surface area contributed by atoms with Crippen molar-refractivity contribution >= 4 is 12.1 Å². The van der Waals surface area contributed by atoms with Crippen LogP contribution in [0.15, 0.2) is 12.2 Å². The molecule has 10 heteroatoms. The lowest BCUT2D eigenvalue weighted by atomic mass is 10.2. The molecule has 0 bridgehead atoms. The van der Waals surface area contributed by atoms with E-state index in [1.165, 1.54) is 0 Å². The molecule has 0 spiro atoms. The first-order valence-corrected chi connectivity index (χ1v) is 8.47. The lowest BCUT2D eigenvalue weighted by Crippen LogP contribution is -2.45. The van der Waals surface area contributed by atoms with Gasteiger partial charge in [-0.1, -0.05) is 6.08 Å². The van der Waals surface area contributed by atoms with Gasteiger partial charge in [0.1, 0.15) is 17.7 Å². The van der Waals surface area contributed by atoms with Gasteiger partial charge in [0.15, 0.2) is 0 Å². The molecule has 0 radical (unpaired) electrons. The van der Waals surface area contributed by atoms with Gasteiger partial charge >= 0.3 is 18.2 Å². The zero-order chi connectivity index (χ0) is 21.1. The quantitative estimate of drug-likeness (QED) is 0.548. The molecule has 0 aliphatic carbocycles. The smallest absolute Gasteiger partial charge is 0.409 e. The summed E-state index contributed by atoms with van der Waals surface area (Å²) in [5.41, 5.74) is -0.601. The fraction of sp³-hybridized carbons (Fsp3) is 0.765. The zero-order valence-electron chi connectivity index (χ0n) is 16.0. The maximum Gasteiger partial charge on any atom is 0.409 e. The molecular formula is C17H28F3NO6. The number of cyclic esters (lactones) is 1. The number of nitrogens with one attached hydrogen (secondary N) is 1. The molecule has 0 aromatic rings. The highest BCUT2D eigenvalue weighted by Crippen LogP contribution is 2.15. The fourth-order valence-electron chi connectivity index (χ4n) is 1.78. The standard InChI is InChI=1S/C13H23NO5.C4H5F3O/c1-9-5-7-17-8-6-10(11(15)18-9)14-12(16)19-13(2,3)4;5-4(6,7)2-1-3-8/h9-10H,5-8H2,1-4H3,(H,14,16);1-2,8H,3H2/b;2-1+/t9?,10-;/m0./s1. The van der Waals surface area contributed by atoms with Gasteiger partial charge in [-0.05, 0) is 27.7 Å².